The first kappa shape index (κ1) is 13.8. The van der Waals surface area contributed by atoms with Crippen molar-refractivity contribution in [1.82, 2.24) is 4.98 Å². The molecule has 1 aliphatic rings. The van der Waals surface area contributed by atoms with Gasteiger partial charge >= 0.3 is 6.18 Å². The fraction of sp³-hybridized carbons (Fsp3) is 0.750. The van der Waals surface area contributed by atoms with E-state index in [2.05, 4.69) is 4.98 Å². The fourth-order valence-electron chi connectivity index (χ4n) is 2.81. The van der Waals surface area contributed by atoms with E-state index in [1.54, 1.807) is 11.7 Å². The molecule has 6 heteroatoms. The molecule has 1 saturated carbocycles. The number of rotatable bonds is 3. The zero-order chi connectivity index (χ0) is 13.2. The predicted molar refractivity (Wildman–Crippen MR) is 65.3 cm³/mol. The van der Waals surface area contributed by atoms with Gasteiger partial charge in [0.1, 0.15) is 0 Å². The highest BCUT2D eigenvalue weighted by Gasteiger charge is 2.47. The van der Waals surface area contributed by atoms with Crippen LogP contribution in [0, 0.1) is 11.8 Å². The smallest absolute Gasteiger partial charge is 0.327 e. The number of aromatic nitrogens is 1. The van der Waals surface area contributed by atoms with Crippen molar-refractivity contribution in [3.05, 3.63) is 16.6 Å². The van der Waals surface area contributed by atoms with Crippen LogP contribution >= 0.6 is 11.3 Å². The minimum Gasteiger partial charge on any atom is -0.327 e. The maximum Gasteiger partial charge on any atom is 0.392 e. The second-order valence-electron chi connectivity index (χ2n) is 4.93. The Bertz CT molecular complexity index is 364. The van der Waals surface area contributed by atoms with E-state index < -0.39 is 24.1 Å². The third-order valence-electron chi connectivity index (χ3n) is 3.71. The van der Waals surface area contributed by atoms with Crippen LogP contribution in [0.15, 0.2) is 11.7 Å². The molecule has 1 heterocycles. The molecule has 2 rings (SSSR count). The zero-order valence-electron chi connectivity index (χ0n) is 9.99. The van der Waals surface area contributed by atoms with Gasteiger partial charge in [-0.3, -0.25) is 4.98 Å². The SMILES string of the molecule is NC(Cc1cncs1)C1CCCCC1C(F)(F)F. The third kappa shape index (κ3) is 3.23. The third-order valence-corrected chi connectivity index (χ3v) is 4.51. The second kappa shape index (κ2) is 5.57. The van der Waals surface area contributed by atoms with Crippen LogP contribution in [0.2, 0.25) is 0 Å². The van der Waals surface area contributed by atoms with Crippen LogP contribution in [-0.4, -0.2) is 17.2 Å². The molecule has 1 aromatic heterocycles. The number of hydrogen-bond donors (Lipinski definition) is 1. The van der Waals surface area contributed by atoms with E-state index in [0.29, 0.717) is 19.3 Å². The Morgan fingerprint density at radius 1 is 1.39 bits per heavy atom. The van der Waals surface area contributed by atoms with Crippen molar-refractivity contribution in [2.75, 3.05) is 0 Å². The average molecular weight is 278 g/mol. The van der Waals surface area contributed by atoms with E-state index >= 15 is 0 Å². The number of alkyl halides is 3. The number of nitrogens with two attached hydrogens (primary N) is 1. The highest BCUT2D eigenvalue weighted by Crippen LogP contribution is 2.43. The van der Waals surface area contributed by atoms with E-state index in [-0.39, 0.29) is 6.42 Å². The quantitative estimate of drug-likeness (QED) is 0.920. The van der Waals surface area contributed by atoms with Gasteiger partial charge < -0.3 is 5.73 Å². The Morgan fingerprint density at radius 3 is 2.72 bits per heavy atom. The summed E-state index contributed by atoms with van der Waals surface area (Å²) in [5.74, 6) is -1.67. The number of nitrogens with zero attached hydrogens (tertiary/aromatic N) is 1. The van der Waals surface area contributed by atoms with Gasteiger partial charge in [0.05, 0.1) is 11.4 Å². The number of thiazole rings is 1. The van der Waals surface area contributed by atoms with Gasteiger partial charge in [0.15, 0.2) is 0 Å². The van der Waals surface area contributed by atoms with Crippen LogP contribution in [0.4, 0.5) is 13.2 Å². The molecule has 2 nitrogen and oxygen atoms in total. The Kier molecular flexibility index (Phi) is 4.27. The lowest BCUT2D eigenvalue weighted by molar-refractivity contribution is -0.198. The van der Waals surface area contributed by atoms with E-state index in [9.17, 15) is 13.2 Å². The first-order valence-electron chi connectivity index (χ1n) is 6.18. The standard InChI is InChI=1S/C12H17F3N2S/c13-12(14,15)10-4-2-1-3-9(10)11(16)5-8-6-17-7-18-8/h6-7,9-11H,1-5,16H2. The summed E-state index contributed by atoms with van der Waals surface area (Å²) < 4.78 is 38.9. The molecule has 0 radical (unpaired) electrons. The molecule has 0 saturated heterocycles. The fourth-order valence-corrected chi connectivity index (χ4v) is 3.47. The number of halogens is 3. The van der Waals surface area contributed by atoms with Crippen molar-refractivity contribution in [2.45, 2.75) is 44.3 Å². The first-order valence-corrected chi connectivity index (χ1v) is 7.06. The van der Waals surface area contributed by atoms with Crippen LogP contribution in [-0.2, 0) is 6.42 Å². The van der Waals surface area contributed by atoms with Crippen LogP contribution in [0.5, 0.6) is 0 Å². The molecule has 3 atom stereocenters. The summed E-state index contributed by atoms with van der Waals surface area (Å²) in [4.78, 5) is 4.90. The van der Waals surface area contributed by atoms with Gasteiger partial charge in [0, 0.05) is 17.1 Å². The number of hydrogen-bond acceptors (Lipinski definition) is 3. The van der Waals surface area contributed by atoms with Gasteiger partial charge in [-0.1, -0.05) is 12.8 Å². The molecule has 0 aromatic carbocycles. The van der Waals surface area contributed by atoms with Crippen LogP contribution in [0.3, 0.4) is 0 Å². The lowest BCUT2D eigenvalue weighted by atomic mass is 9.74. The second-order valence-corrected chi connectivity index (χ2v) is 5.90. The molecule has 1 aliphatic carbocycles. The van der Waals surface area contributed by atoms with E-state index in [1.807, 2.05) is 0 Å². The normalized spacial score (nSPS) is 27.1. The van der Waals surface area contributed by atoms with Gasteiger partial charge in [-0.2, -0.15) is 13.2 Å². The Balaban J connectivity index is 2.04. The summed E-state index contributed by atoms with van der Waals surface area (Å²) in [7, 11) is 0. The molecule has 1 aromatic rings. The van der Waals surface area contributed by atoms with Crippen molar-refractivity contribution < 1.29 is 13.2 Å². The van der Waals surface area contributed by atoms with Crippen molar-refractivity contribution in [3.8, 4) is 0 Å². The monoisotopic (exact) mass is 278 g/mol. The predicted octanol–water partition coefficient (Wildman–Crippen LogP) is 3.38. The Hall–Kier alpha value is -0.620. The maximum atomic E-state index is 13.0. The van der Waals surface area contributed by atoms with E-state index in [0.717, 1.165) is 11.3 Å². The zero-order valence-corrected chi connectivity index (χ0v) is 10.8. The first-order chi connectivity index (χ1) is 8.48. The van der Waals surface area contributed by atoms with Gasteiger partial charge in [0.2, 0.25) is 0 Å². The summed E-state index contributed by atoms with van der Waals surface area (Å²) in [6.45, 7) is 0. The van der Waals surface area contributed by atoms with Crippen molar-refractivity contribution in [2.24, 2.45) is 17.6 Å². The van der Waals surface area contributed by atoms with Crippen molar-refractivity contribution >= 4 is 11.3 Å². The van der Waals surface area contributed by atoms with Gasteiger partial charge in [-0.05, 0) is 25.2 Å². The Morgan fingerprint density at radius 2 is 2.11 bits per heavy atom. The molecule has 102 valence electrons. The van der Waals surface area contributed by atoms with E-state index in [1.165, 1.54) is 11.3 Å². The molecule has 0 aliphatic heterocycles. The molecule has 3 unspecified atom stereocenters. The molecular formula is C12H17F3N2S. The van der Waals surface area contributed by atoms with Gasteiger partial charge in [-0.15, -0.1) is 11.3 Å². The van der Waals surface area contributed by atoms with Gasteiger partial charge in [-0.25, -0.2) is 0 Å². The summed E-state index contributed by atoms with van der Waals surface area (Å²) in [5.41, 5.74) is 7.69. The minimum absolute atomic E-state index is 0.227. The molecule has 1 fully saturated rings. The van der Waals surface area contributed by atoms with Gasteiger partial charge in [0.25, 0.3) is 0 Å². The minimum atomic E-state index is -4.11. The lowest BCUT2D eigenvalue weighted by Crippen LogP contribution is -2.44. The highest BCUT2D eigenvalue weighted by atomic mass is 32.1. The summed E-state index contributed by atoms with van der Waals surface area (Å²) >= 11 is 1.45. The highest BCUT2D eigenvalue weighted by molar-refractivity contribution is 7.09. The summed E-state index contributed by atoms with van der Waals surface area (Å²) in [6.07, 6.45) is 0.407. The van der Waals surface area contributed by atoms with Crippen LogP contribution < -0.4 is 5.73 Å². The molecule has 0 bridgehead atoms. The molecule has 0 spiro atoms. The Labute approximate surface area is 108 Å². The lowest BCUT2D eigenvalue weighted by Gasteiger charge is -2.36. The molecule has 2 N–H and O–H groups in total. The van der Waals surface area contributed by atoms with Crippen molar-refractivity contribution in [3.63, 3.8) is 0 Å². The summed E-state index contributed by atoms with van der Waals surface area (Å²) in [6, 6.07) is -0.419. The summed E-state index contributed by atoms with van der Waals surface area (Å²) in [5, 5.41) is 0. The molecular weight excluding hydrogens is 261 g/mol. The molecule has 0 amide bonds. The molecule has 18 heavy (non-hydrogen) atoms. The van der Waals surface area contributed by atoms with Crippen molar-refractivity contribution in [1.29, 1.82) is 0 Å². The van der Waals surface area contributed by atoms with Crippen LogP contribution in [0.1, 0.15) is 30.6 Å². The average Bonchev–Trinajstić information content (AvgIpc) is 2.80. The topological polar surface area (TPSA) is 38.9 Å². The van der Waals surface area contributed by atoms with Crippen LogP contribution in [0.25, 0.3) is 0 Å². The largest absolute Gasteiger partial charge is 0.392 e. The van der Waals surface area contributed by atoms with E-state index in [4.69, 9.17) is 5.73 Å². The maximum absolute atomic E-state index is 13.0.